The zero-order valence-corrected chi connectivity index (χ0v) is 15.0. The van der Waals surface area contributed by atoms with E-state index in [1.165, 1.54) is 6.07 Å². The molecule has 2 heterocycles. The van der Waals surface area contributed by atoms with Gasteiger partial charge in [-0.1, -0.05) is 23.7 Å². The van der Waals surface area contributed by atoms with Crippen molar-refractivity contribution in [2.75, 3.05) is 13.1 Å². The van der Waals surface area contributed by atoms with Crippen LogP contribution >= 0.6 is 22.9 Å². The van der Waals surface area contributed by atoms with Gasteiger partial charge < -0.3 is 15.1 Å². The molecule has 2 aromatic rings. The maximum atomic E-state index is 12.5. The van der Waals surface area contributed by atoms with Gasteiger partial charge in [0.1, 0.15) is 4.88 Å². The van der Waals surface area contributed by atoms with Crippen molar-refractivity contribution in [1.29, 1.82) is 0 Å². The molecule has 132 valence electrons. The Labute approximate surface area is 154 Å². The number of aliphatic hydroxyl groups is 1. The van der Waals surface area contributed by atoms with Crippen LogP contribution < -0.4 is 0 Å². The molecule has 0 bridgehead atoms. The number of likely N-dealkylation sites (tertiary alicyclic amines) is 1. The summed E-state index contributed by atoms with van der Waals surface area (Å²) in [7, 11) is 0. The minimum atomic E-state index is -1.02. The van der Waals surface area contributed by atoms with Gasteiger partial charge in [-0.2, -0.15) is 0 Å². The molecule has 1 fully saturated rings. The molecule has 0 unspecified atom stereocenters. The molecule has 0 radical (unpaired) electrons. The van der Waals surface area contributed by atoms with Crippen LogP contribution in [0.2, 0.25) is 5.02 Å². The van der Waals surface area contributed by atoms with Crippen molar-refractivity contribution in [3.63, 3.8) is 0 Å². The number of benzene rings is 1. The lowest BCUT2D eigenvalue weighted by atomic mass is 9.87. The van der Waals surface area contributed by atoms with Crippen molar-refractivity contribution >= 4 is 34.8 Å². The number of aromatic carboxylic acids is 1. The highest BCUT2D eigenvalue weighted by atomic mass is 35.5. The largest absolute Gasteiger partial charge is 0.477 e. The first kappa shape index (κ1) is 17.9. The number of hydrogen-bond donors (Lipinski definition) is 2. The zero-order chi connectivity index (χ0) is 18.0. The SMILES string of the molecule is O=C(O)c1ccc(C(=O)N2CCC([C@@H](O)c3ccc(Cl)cc3)CC2)s1. The smallest absolute Gasteiger partial charge is 0.345 e. The second-order valence-electron chi connectivity index (χ2n) is 6.10. The summed E-state index contributed by atoms with van der Waals surface area (Å²) in [6.07, 6.45) is 0.828. The molecule has 7 heteroatoms. The number of piperidine rings is 1. The van der Waals surface area contributed by atoms with Crippen molar-refractivity contribution in [3.8, 4) is 0 Å². The zero-order valence-electron chi connectivity index (χ0n) is 13.4. The van der Waals surface area contributed by atoms with E-state index in [1.807, 2.05) is 12.1 Å². The lowest BCUT2D eigenvalue weighted by Crippen LogP contribution is -2.39. The molecule has 1 aliphatic rings. The Kier molecular flexibility index (Phi) is 5.42. The van der Waals surface area contributed by atoms with Gasteiger partial charge in [0.15, 0.2) is 0 Å². The molecule has 25 heavy (non-hydrogen) atoms. The third-order valence-electron chi connectivity index (χ3n) is 4.51. The van der Waals surface area contributed by atoms with Crippen molar-refractivity contribution in [1.82, 2.24) is 4.90 Å². The van der Waals surface area contributed by atoms with Gasteiger partial charge in [-0.05, 0) is 48.6 Å². The topological polar surface area (TPSA) is 77.8 Å². The van der Waals surface area contributed by atoms with Crippen LogP contribution in [-0.4, -0.2) is 40.1 Å². The highest BCUT2D eigenvalue weighted by Gasteiger charge is 2.29. The van der Waals surface area contributed by atoms with E-state index in [2.05, 4.69) is 0 Å². The van der Waals surface area contributed by atoms with Crippen LogP contribution in [0.15, 0.2) is 36.4 Å². The number of carbonyl (C=O) groups excluding carboxylic acids is 1. The summed E-state index contributed by atoms with van der Waals surface area (Å²) >= 11 is 6.87. The molecule has 1 aromatic heterocycles. The maximum Gasteiger partial charge on any atom is 0.345 e. The molecule has 1 aromatic carbocycles. The van der Waals surface area contributed by atoms with Crippen molar-refractivity contribution < 1.29 is 19.8 Å². The number of halogens is 1. The van der Waals surface area contributed by atoms with Crippen molar-refractivity contribution in [3.05, 3.63) is 56.7 Å². The number of carboxylic acids is 1. The minimum absolute atomic E-state index is 0.0862. The van der Waals surface area contributed by atoms with E-state index < -0.39 is 12.1 Å². The highest BCUT2D eigenvalue weighted by Crippen LogP contribution is 2.32. The van der Waals surface area contributed by atoms with E-state index >= 15 is 0 Å². The Morgan fingerprint density at radius 3 is 2.24 bits per heavy atom. The monoisotopic (exact) mass is 379 g/mol. The van der Waals surface area contributed by atoms with Crippen LogP contribution in [0.1, 0.15) is 43.9 Å². The number of rotatable bonds is 4. The van der Waals surface area contributed by atoms with Gasteiger partial charge in [-0.25, -0.2) is 4.79 Å². The number of amides is 1. The number of thiophene rings is 1. The molecule has 3 rings (SSSR count). The summed E-state index contributed by atoms with van der Waals surface area (Å²) in [4.78, 5) is 25.7. The molecule has 0 saturated carbocycles. The second kappa shape index (κ2) is 7.56. The molecule has 0 aliphatic carbocycles. The molecular formula is C18H18ClNO4S. The molecule has 1 aliphatic heterocycles. The minimum Gasteiger partial charge on any atom is -0.477 e. The quantitative estimate of drug-likeness (QED) is 0.849. The number of hydrogen-bond acceptors (Lipinski definition) is 4. The van der Waals surface area contributed by atoms with Gasteiger partial charge in [-0.3, -0.25) is 4.79 Å². The molecule has 1 atom stereocenters. The van der Waals surface area contributed by atoms with E-state index in [0.717, 1.165) is 16.9 Å². The summed E-state index contributed by atoms with van der Waals surface area (Å²) in [5, 5.41) is 20.1. The van der Waals surface area contributed by atoms with Crippen molar-refractivity contribution in [2.45, 2.75) is 18.9 Å². The fourth-order valence-electron chi connectivity index (χ4n) is 3.07. The fourth-order valence-corrected chi connectivity index (χ4v) is 4.01. The van der Waals surface area contributed by atoms with Crippen LogP contribution in [-0.2, 0) is 0 Å². The van der Waals surface area contributed by atoms with Gasteiger partial charge in [0, 0.05) is 18.1 Å². The number of carboxylic acid groups (broad SMARTS) is 1. The highest BCUT2D eigenvalue weighted by molar-refractivity contribution is 7.15. The number of nitrogens with zero attached hydrogens (tertiary/aromatic N) is 1. The molecular weight excluding hydrogens is 362 g/mol. The Balaban J connectivity index is 1.60. The van der Waals surface area contributed by atoms with Gasteiger partial charge in [0.05, 0.1) is 11.0 Å². The summed E-state index contributed by atoms with van der Waals surface area (Å²) in [5.41, 5.74) is 0.832. The molecule has 1 amide bonds. The van der Waals surface area contributed by atoms with Gasteiger partial charge in [0.25, 0.3) is 5.91 Å². The van der Waals surface area contributed by atoms with Crippen LogP contribution in [0.4, 0.5) is 0 Å². The lowest BCUT2D eigenvalue weighted by Gasteiger charge is -2.34. The summed E-state index contributed by atoms with van der Waals surface area (Å²) in [5.74, 6) is -1.08. The van der Waals surface area contributed by atoms with E-state index in [1.54, 1.807) is 23.1 Å². The van der Waals surface area contributed by atoms with Crippen LogP contribution in [0.3, 0.4) is 0 Å². The summed E-state index contributed by atoms with van der Waals surface area (Å²) < 4.78 is 0. The third-order valence-corrected chi connectivity index (χ3v) is 5.83. The Morgan fingerprint density at radius 2 is 1.68 bits per heavy atom. The predicted octanol–water partition coefficient (Wildman–Crippen LogP) is 3.69. The first-order chi connectivity index (χ1) is 12.0. The fraction of sp³-hybridized carbons (Fsp3) is 0.333. The normalized spacial score (nSPS) is 16.6. The maximum absolute atomic E-state index is 12.5. The predicted molar refractivity (Wildman–Crippen MR) is 96.3 cm³/mol. The van der Waals surface area contributed by atoms with E-state index in [4.69, 9.17) is 16.7 Å². The molecule has 0 spiro atoms. The molecule has 1 saturated heterocycles. The van der Waals surface area contributed by atoms with Gasteiger partial charge >= 0.3 is 5.97 Å². The average Bonchev–Trinajstić information content (AvgIpc) is 3.12. The summed E-state index contributed by atoms with van der Waals surface area (Å²) in [6, 6.07) is 10.2. The van der Waals surface area contributed by atoms with Crippen LogP contribution in [0.25, 0.3) is 0 Å². The van der Waals surface area contributed by atoms with Gasteiger partial charge in [-0.15, -0.1) is 11.3 Å². The number of carbonyl (C=O) groups is 2. The standard InChI is InChI=1S/C18H18ClNO4S/c19-13-3-1-11(2-4-13)16(21)12-7-9-20(10-8-12)17(22)14-5-6-15(25-14)18(23)24/h1-6,12,16,21H,7-10H2,(H,23,24)/t16-/m0/s1. The lowest BCUT2D eigenvalue weighted by molar-refractivity contribution is 0.0465. The van der Waals surface area contributed by atoms with Gasteiger partial charge in [0.2, 0.25) is 0 Å². The Bertz CT molecular complexity index is 766. The van der Waals surface area contributed by atoms with E-state index in [9.17, 15) is 14.7 Å². The summed E-state index contributed by atoms with van der Waals surface area (Å²) in [6.45, 7) is 1.10. The number of aliphatic hydroxyl groups excluding tert-OH is 1. The van der Waals surface area contributed by atoms with Crippen molar-refractivity contribution in [2.24, 2.45) is 5.92 Å². The first-order valence-corrected chi connectivity index (χ1v) is 9.21. The van der Waals surface area contributed by atoms with Crippen LogP contribution in [0.5, 0.6) is 0 Å². The second-order valence-corrected chi connectivity index (χ2v) is 7.62. The Hall–Kier alpha value is -1.89. The van der Waals surface area contributed by atoms with E-state index in [0.29, 0.717) is 35.8 Å². The van der Waals surface area contributed by atoms with Crippen LogP contribution in [0, 0.1) is 5.92 Å². The average molecular weight is 380 g/mol. The Morgan fingerprint density at radius 1 is 1.08 bits per heavy atom. The molecule has 5 nitrogen and oxygen atoms in total. The molecule has 2 N–H and O–H groups in total. The first-order valence-electron chi connectivity index (χ1n) is 8.01. The van der Waals surface area contributed by atoms with E-state index in [-0.39, 0.29) is 16.7 Å². The third kappa shape index (κ3) is 4.03.